The van der Waals surface area contributed by atoms with Crippen LogP contribution in [-0.4, -0.2) is 30.6 Å². The van der Waals surface area contributed by atoms with Crippen LogP contribution in [0.15, 0.2) is 77.8 Å². The first-order chi connectivity index (χ1) is 14.1. The van der Waals surface area contributed by atoms with Gasteiger partial charge in [0.15, 0.2) is 5.78 Å². The minimum atomic E-state index is -0.861. The van der Waals surface area contributed by atoms with Gasteiger partial charge in [-0.25, -0.2) is 9.18 Å². The van der Waals surface area contributed by atoms with Gasteiger partial charge in [-0.05, 0) is 24.3 Å². The number of nitrogens with zero attached hydrogens (tertiary/aromatic N) is 3. The zero-order valence-corrected chi connectivity index (χ0v) is 15.5. The van der Waals surface area contributed by atoms with Crippen LogP contribution >= 0.6 is 0 Å². The highest BCUT2D eigenvalue weighted by Gasteiger charge is 2.38. The maximum absolute atomic E-state index is 14.7. The first-order valence-corrected chi connectivity index (χ1v) is 9.18. The van der Waals surface area contributed by atoms with Gasteiger partial charge in [-0.1, -0.05) is 48.6 Å². The number of aliphatic imine (C=N–C) groups is 1. The van der Waals surface area contributed by atoms with Gasteiger partial charge < -0.3 is 5.73 Å². The number of carbonyl (C=O) groups excluding carboxylic acids is 2. The fourth-order valence-corrected chi connectivity index (χ4v) is 3.66. The Morgan fingerprint density at radius 3 is 2.66 bits per heavy atom. The molecule has 1 heterocycles. The van der Waals surface area contributed by atoms with E-state index < -0.39 is 23.8 Å². The standard InChI is InChI=1S/C22H19FN4O2/c23-17-9-3-5-11-19(17)27(22(24)29)26-18-10-4-1-7-15(18)13-25-14-20(26)16-8-2-6-12-21(16)28/h1-13,16,20H,14H2,(H2,24,29)/t16?,20-/m1/s1. The topological polar surface area (TPSA) is 79.0 Å². The number of rotatable bonds is 3. The highest BCUT2D eigenvalue weighted by molar-refractivity contribution is 5.99. The summed E-state index contributed by atoms with van der Waals surface area (Å²) < 4.78 is 14.7. The van der Waals surface area contributed by atoms with Crippen molar-refractivity contribution in [3.8, 4) is 0 Å². The first kappa shape index (κ1) is 18.6. The van der Waals surface area contributed by atoms with E-state index in [0.717, 1.165) is 10.6 Å². The molecule has 2 N–H and O–H groups in total. The molecule has 2 amide bonds. The minimum Gasteiger partial charge on any atom is -0.350 e. The SMILES string of the molecule is NC(=O)N(c1ccccc1F)N1c2ccccc2C=NC[C@@H]1C1C=CC=CC1=O. The third kappa shape index (κ3) is 3.42. The summed E-state index contributed by atoms with van der Waals surface area (Å²) in [6, 6.07) is 11.7. The lowest BCUT2D eigenvalue weighted by Gasteiger charge is -2.42. The number of anilines is 2. The molecule has 2 aromatic carbocycles. The number of primary amides is 1. The average molecular weight is 390 g/mol. The van der Waals surface area contributed by atoms with Gasteiger partial charge in [-0.2, -0.15) is 5.01 Å². The number of nitrogens with two attached hydrogens (primary N) is 1. The second-order valence-electron chi connectivity index (χ2n) is 6.74. The van der Waals surface area contributed by atoms with Crippen molar-refractivity contribution in [2.24, 2.45) is 16.6 Å². The zero-order chi connectivity index (χ0) is 20.4. The molecule has 0 bridgehead atoms. The normalized spacial score (nSPS) is 20.3. The molecule has 146 valence electrons. The van der Waals surface area contributed by atoms with Crippen molar-refractivity contribution < 1.29 is 14.0 Å². The Labute approximate surface area is 167 Å². The summed E-state index contributed by atoms with van der Waals surface area (Å²) >= 11 is 0. The molecule has 1 aliphatic carbocycles. The molecule has 29 heavy (non-hydrogen) atoms. The van der Waals surface area contributed by atoms with Gasteiger partial charge in [0, 0.05) is 11.8 Å². The quantitative estimate of drug-likeness (QED) is 0.874. The summed E-state index contributed by atoms with van der Waals surface area (Å²) in [5.74, 6) is -1.29. The molecule has 6 nitrogen and oxygen atoms in total. The first-order valence-electron chi connectivity index (χ1n) is 9.18. The van der Waals surface area contributed by atoms with Crippen LogP contribution in [0.1, 0.15) is 5.56 Å². The number of benzene rings is 2. The van der Waals surface area contributed by atoms with Crippen LogP contribution in [0, 0.1) is 11.7 Å². The lowest BCUT2D eigenvalue weighted by Crippen LogP contribution is -2.58. The number of hydrogen-bond acceptors (Lipinski definition) is 4. The van der Waals surface area contributed by atoms with Crippen molar-refractivity contribution in [1.82, 2.24) is 0 Å². The summed E-state index contributed by atoms with van der Waals surface area (Å²) in [5.41, 5.74) is 7.07. The number of benzodiazepines with no additional fused rings is 1. The van der Waals surface area contributed by atoms with E-state index in [2.05, 4.69) is 4.99 Å². The summed E-state index contributed by atoms with van der Waals surface area (Å²) in [4.78, 5) is 29.7. The van der Waals surface area contributed by atoms with Crippen LogP contribution in [-0.2, 0) is 4.79 Å². The number of fused-ring (bicyclic) bond motifs is 1. The number of ketones is 1. The molecule has 0 saturated heterocycles. The van der Waals surface area contributed by atoms with Gasteiger partial charge in [0.25, 0.3) is 0 Å². The van der Waals surface area contributed by atoms with E-state index >= 15 is 0 Å². The number of hydrazine groups is 1. The maximum Gasteiger partial charge on any atom is 0.338 e. The van der Waals surface area contributed by atoms with Crippen molar-refractivity contribution in [2.75, 3.05) is 16.6 Å². The van der Waals surface area contributed by atoms with E-state index in [1.165, 1.54) is 24.3 Å². The van der Waals surface area contributed by atoms with Crippen LogP contribution in [0.5, 0.6) is 0 Å². The summed E-state index contributed by atoms with van der Waals surface area (Å²) in [7, 11) is 0. The van der Waals surface area contributed by atoms with Gasteiger partial charge in [0.2, 0.25) is 0 Å². The molecular weight excluding hydrogens is 371 g/mol. The van der Waals surface area contributed by atoms with Crippen molar-refractivity contribution >= 4 is 29.4 Å². The third-order valence-electron chi connectivity index (χ3n) is 4.96. The molecule has 1 unspecified atom stereocenters. The van der Waals surface area contributed by atoms with Crippen LogP contribution in [0.25, 0.3) is 0 Å². The van der Waals surface area contributed by atoms with E-state index in [1.54, 1.807) is 47.7 Å². The smallest absolute Gasteiger partial charge is 0.338 e. The van der Waals surface area contributed by atoms with E-state index in [-0.39, 0.29) is 18.0 Å². The van der Waals surface area contributed by atoms with Gasteiger partial charge >= 0.3 is 6.03 Å². The van der Waals surface area contributed by atoms with Crippen LogP contribution in [0.2, 0.25) is 0 Å². The van der Waals surface area contributed by atoms with Gasteiger partial charge in [-0.3, -0.25) is 14.8 Å². The minimum absolute atomic E-state index is 0.00415. The molecule has 0 aromatic heterocycles. The number of amides is 2. The molecule has 7 heteroatoms. The Kier molecular flexibility index (Phi) is 4.95. The molecule has 1 aliphatic heterocycles. The maximum atomic E-state index is 14.7. The van der Waals surface area contributed by atoms with Crippen molar-refractivity contribution in [3.05, 3.63) is 84.2 Å². The van der Waals surface area contributed by atoms with Gasteiger partial charge in [-0.15, -0.1) is 0 Å². The Hall–Kier alpha value is -3.74. The molecule has 4 rings (SSSR count). The molecule has 0 radical (unpaired) electrons. The number of para-hydroxylation sites is 2. The van der Waals surface area contributed by atoms with Gasteiger partial charge in [0.1, 0.15) is 11.5 Å². The molecule has 2 atom stereocenters. The molecule has 2 aromatic rings. The zero-order valence-electron chi connectivity index (χ0n) is 15.5. The fraction of sp³-hybridized carbons (Fsp3) is 0.136. The van der Waals surface area contributed by atoms with E-state index in [1.807, 2.05) is 12.1 Å². The molecule has 0 fully saturated rings. The van der Waals surface area contributed by atoms with E-state index in [4.69, 9.17) is 5.73 Å². The Balaban J connectivity index is 1.91. The van der Waals surface area contributed by atoms with Crippen molar-refractivity contribution in [3.63, 3.8) is 0 Å². The van der Waals surface area contributed by atoms with Crippen LogP contribution in [0.4, 0.5) is 20.6 Å². The van der Waals surface area contributed by atoms with E-state index in [9.17, 15) is 14.0 Å². The van der Waals surface area contributed by atoms with Crippen LogP contribution in [0.3, 0.4) is 0 Å². The molecule has 0 saturated carbocycles. The van der Waals surface area contributed by atoms with Gasteiger partial charge in [0.05, 0.1) is 24.2 Å². The molecule has 2 aliphatic rings. The molecular formula is C22H19FN4O2. The summed E-state index contributed by atoms with van der Waals surface area (Å²) in [6.07, 6.45) is 8.39. The second kappa shape index (κ2) is 7.71. The number of allylic oxidation sites excluding steroid dienone is 3. The largest absolute Gasteiger partial charge is 0.350 e. The second-order valence-corrected chi connectivity index (χ2v) is 6.74. The van der Waals surface area contributed by atoms with Crippen LogP contribution < -0.4 is 15.8 Å². The lowest BCUT2D eigenvalue weighted by molar-refractivity contribution is -0.117. The predicted molar refractivity (Wildman–Crippen MR) is 110 cm³/mol. The van der Waals surface area contributed by atoms with E-state index in [0.29, 0.717) is 5.69 Å². The van der Waals surface area contributed by atoms with Crippen molar-refractivity contribution in [1.29, 1.82) is 0 Å². The third-order valence-corrected chi connectivity index (χ3v) is 4.96. The fourth-order valence-electron chi connectivity index (χ4n) is 3.66. The number of carbonyl (C=O) groups is 2. The number of hydrogen-bond donors (Lipinski definition) is 1. The Morgan fingerprint density at radius 2 is 1.90 bits per heavy atom. The highest BCUT2D eigenvalue weighted by Crippen LogP contribution is 2.33. The molecule has 0 spiro atoms. The number of halogens is 1. The highest BCUT2D eigenvalue weighted by atomic mass is 19.1. The summed E-state index contributed by atoms with van der Waals surface area (Å²) in [6.45, 7) is 0.224. The van der Waals surface area contributed by atoms with Crippen molar-refractivity contribution in [2.45, 2.75) is 6.04 Å². The summed E-state index contributed by atoms with van der Waals surface area (Å²) in [5, 5.41) is 2.68. The monoisotopic (exact) mass is 390 g/mol. The average Bonchev–Trinajstić information content (AvgIpc) is 2.90. The Bertz CT molecular complexity index is 1050. The number of urea groups is 1. The Morgan fingerprint density at radius 1 is 1.14 bits per heavy atom. The predicted octanol–water partition coefficient (Wildman–Crippen LogP) is 3.24. The lowest BCUT2D eigenvalue weighted by atomic mass is 9.90.